The molecule has 0 bridgehead atoms. The first-order chi connectivity index (χ1) is 7.29. The molecule has 0 N–H and O–H groups in total. The summed E-state index contributed by atoms with van der Waals surface area (Å²) in [6.07, 6.45) is 1.87. The van der Waals surface area contributed by atoms with Crippen LogP contribution in [0.4, 0.5) is 0 Å². The SMILES string of the molecule is Cc1ccc(-c2ccc(OI)cc2)nc1. The highest BCUT2D eigenvalue weighted by molar-refractivity contribution is 14.1. The summed E-state index contributed by atoms with van der Waals surface area (Å²) >= 11 is 1.87. The van der Waals surface area contributed by atoms with Crippen LogP contribution in [-0.4, -0.2) is 4.98 Å². The van der Waals surface area contributed by atoms with E-state index >= 15 is 0 Å². The second-order valence-corrected chi connectivity index (χ2v) is 3.76. The maximum atomic E-state index is 5.07. The first-order valence-electron chi connectivity index (χ1n) is 4.61. The molecule has 2 aromatic rings. The molecule has 0 aliphatic carbocycles. The first-order valence-corrected chi connectivity index (χ1v) is 5.49. The number of benzene rings is 1. The number of rotatable bonds is 2. The van der Waals surface area contributed by atoms with Gasteiger partial charge in [0.25, 0.3) is 0 Å². The Bertz CT molecular complexity index is 436. The van der Waals surface area contributed by atoms with E-state index in [1.54, 1.807) is 0 Å². The number of pyridine rings is 1. The fourth-order valence-corrected chi connectivity index (χ4v) is 1.61. The van der Waals surface area contributed by atoms with Gasteiger partial charge in [0.2, 0.25) is 0 Å². The Labute approximate surface area is 103 Å². The maximum absolute atomic E-state index is 5.07. The molecule has 0 saturated heterocycles. The number of nitrogens with zero attached hydrogens (tertiary/aromatic N) is 1. The third-order valence-corrected chi connectivity index (χ3v) is 2.66. The minimum absolute atomic E-state index is 0.853. The summed E-state index contributed by atoms with van der Waals surface area (Å²) in [4.78, 5) is 4.36. The summed E-state index contributed by atoms with van der Waals surface area (Å²) in [5.41, 5.74) is 3.26. The molecule has 2 rings (SSSR count). The molecule has 0 aliphatic heterocycles. The maximum Gasteiger partial charge on any atom is 0.192 e. The van der Waals surface area contributed by atoms with Gasteiger partial charge in [-0.15, -0.1) is 0 Å². The third kappa shape index (κ3) is 2.47. The molecule has 0 saturated carbocycles. The van der Waals surface area contributed by atoms with Gasteiger partial charge in [0.15, 0.2) is 23.0 Å². The van der Waals surface area contributed by atoms with Crippen molar-refractivity contribution in [1.82, 2.24) is 4.98 Å². The molecule has 1 heterocycles. The van der Waals surface area contributed by atoms with Crippen LogP contribution in [0.15, 0.2) is 42.6 Å². The molecule has 0 fully saturated rings. The van der Waals surface area contributed by atoms with E-state index in [9.17, 15) is 0 Å². The van der Waals surface area contributed by atoms with E-state index in [2.05, 4.69) is 11.1 Å². The van der Waals surface area contributed by atoms with Crippen LogP contribution < -0.4 is 3.07 Å². The minimum Gasteiger partial charge on any atom is -0.428 e. The van der Waals surface area contributed by atoms with E-state index in [0.29, 0.717) is 0 Å². The van der Waals surface area contributed by atoms with Crippen LogP contribution in [0.1, 0.15) is 5.56 Å². The summed E-state index contributed by atoms with van der Waals surface area (Å²) in [6.45, 7) is 2.03. The average Bonchev–Trinajstić information content (AvgIpc) is 2.30. The van der Waals surface area contributed by atoms with E-state index < -0.39 is 0 Å². The zero-order chi connectivity index (χ0) is 10.7. The number of halogens is 1. The second kappa shape index (κ2) is 4.61. The largest absolute Gasteiger partial charge is 0.428 e. The van der Waals surface area contributed by atoms with Crippen LogP contribution in [0, 0.1) is 6.92 Å². The summed E-state index contributed by atoms with van der Waals surface area (Å²) in [7, 11) is 0. The molecular weight excluding hydrogens is 301 g/mol. The van der Waals surface area contributed by atoms with Crippen LogP contribution in [0.2, 0.25) is 0 Å². The number of hydrogen-bond acceptors (Lipinski definition) is 2. The van der Waals surface area contributed by atoms with Gasteiger partial charge in [0.05, 0.1) is 5.69 Å². The van der Waals surface area contributed by atoms with E-state index in [-0.39, 0.29) is 0 Å². The summed E-state index contributed by atoms with van der Waals surface area (Å²) in [5, 5.41) is 0. The standard InChI is InChI=1S/C12H10INO/c1-9-2-7-12(14-8-9)10-3-5-11(15-13)6-4-10/h2-8H,1H3. The lowest BCUT2D eigenvalue weighted by atomic mass is 10.1. The zero-order valence-corrected chi connectivity index (χ0v) is 10.4. The van der Waals surface area contributed by atoms with Crippen molar-refractivity contribution in [3.05, 3.63) is 48.2 Å². The predicted octanol–water partition coefficient (Wildman–Crippen LogP) is 3.79. The Morgan fingerprint density at radius 2 is 1.80 bits per heavy atom. The summed E-state index contributed by atoms with van der Waals surface area (Å²) in [5.74, 6) is 0.853. The van der Waals surface area contributed by atoms with Crippen LogP contribution in [-0.2, 0) is 0 Å². The van der Waals surface area contributed by atoms with Gasteiger partial charge in [-0.25, -0.2) is 0 Å². The number of aromatic nitrogens is 1. The Kier molecular flexibility index (Phi) is 3.20. The highest BCUT2D eigenvalue weighted by atomic mass is 127. The second-order valence-electron chi connectivity index (χ2n) is 3.32. The van der Waals surface area contributed by atoms with Crippen molar-refractivity contribution in [1.29, 1.82) is 0 Å². The normalized spacial score (nSPS) is 10.0. The van der Waals surface area contributed by atoms with Crippen molar-refractivity contribution >= 4 is 23.0 Å². The van der Waals surface area contributed by atoms with Crippen molar-refractivity contribution in [3.63, 3.8) is 0 Å². The van der Waals surface area contributed by atoms with Gasteiger partial charge in [0.1, 0.15) is 5.75 Å². The van der Waals surface area contributed by atoms with Crippen molar-refractivity contribution in [2.75, 3.05) is 0 Å². The van der Waals surface area contributed by atoms with E-state index in [1.165, 1.54) is 5.56 Å². The first kappa shape index (κ1) is 10.4. The van der Waals surface area contributed by atoms with Crippen molar-refractivity contribution < 1.29 is 3.07 Å². The van der Waals surface area contributed by atoms with Crippen molar-refractivity contribution in [2.24, 2.45) is 0 Å². The smallest absolute Gasteiger partial charge is 0.192 e. The molecule has 0 amide bonds. The van der Waals surface area contributed by atoms with Crippen LogP contribution >= 0.6 is 23.0 Å². The monoisotopic (exact) mass is 311 g/mol. The molecule has 0 atom stereocenters. The lowest BCUT2D eigenvalue weighted by Crippen LogP contribution is -1.83. The van der Waals surface area contributed by atoms with Crippen LogP contribution in [0.3, 0.4) is 0 Å². The zero-order valence-electron chi connectivity index (χ0n) is 8.27. The Morgan fingerprint density at radius 3 is 2.33 bits per heavy atom. The van der Waals surface area contributed by atoms with Gasteiger partial charge in [0, 0.05) is 11.8 Å². The van der Waals surface area contributed by atoms with Crippen LogP contribution in [0.5, 0.6) is 5.75 Å². The fraction of sp³-hybridized carbons (Fsp3) is 0.0833. The molecule has 15 heavy (non-hydrogen) atoms. The minimum atomic E-state index is 0.853. The Balaban J connectivity index is 2.33. The van der Waals surface area contributed by atoms with E-state index in [4.69, 9.17) is 3.07 Å². The average molecular weight is 311 g/mol. The fourth-order valence-electron chi connectivity index (χ4n) is 1.32. The molecule has 1 aromatic heterocycles. The van der Waals surface area contributed by atoms with Gasteiger partial charge in [-0.2, -0.15) is 0 Å². The van der Waals surface area contributed by atoms with Crippen molar-refractivity contribution in [2.45, 2.75) is 6.92 Å². The molecular formula is C12H10INO. The van der Waals surface area contributed by atoms with Gasteiger partial charge >= 0.3 is 0 Å². The molecule has 0 unspecified atom stereocenters. The lowest BCUT2D eigenvalue weighted by molar-refractivity contribution is 0.717. The third-order valence-electron chi connectivity index (χ3n) is 2.15. The molecule has 1 aromatic carbocycles. The molecule has 2 nitrogen and oxygen atoms in total. The molecule has 0 radical (unpaired) electrons. The van der Waals surface area contributed by atoms with Crippen molar-refractivity contribution in [3.8, 4) is 17.0 Å². The van der Waals surface area contributed by atoms with E-state index in [1.807, 2.05) is 66.5 Å². The highest BCUT2D eigenvalue weighted by Gasteiger charge is 1.98. The molecule has 0 spiro atoms. The lowest BCUT2D eigenvalue weighted by Gasteiger charge is -2.02. The number of aryl methyl sites for hydroxylation is 1. The quantitative estimate of drug-likeness (QED) is 0.787. The number of hydrogen-bond donors (Lipinski definition) is 0. The van der Waals surface area contributed by atoms with Gasteiger partial charge in [-0.3, -0.25) is 4.98 Å². The topological polar surface area (TPSA) is 22.1 Å². The molecule has 76 valence electrons. The summed E-state index contributed by atoms with van der Waals surface area (Å²) in [6, 6.07) is 12.0. The molecule has 0 aliphatic rings. The summed E-state index contributed by atoms with van der Waals surface area (Å²) < 4.78 is 5.07. The van der Waals surface area contributed by atoms with Gasteiger partial charge < -0.3 is 3.07 Å². The van der Waals surface area contributed by atoms with Gasteiger partial charge in [-0.05, 0) is 42.8 Å². The Morgan fingerprint density at radius 1 is 1.07 bits per heavy atom. The Hall–Kier alpha value is -1.10. The molecule has 3 heteroatoms. The highest BCUT2D eigenvalue weighted by Crippen LogP contribution is 2.21. The van der Waals surface area contributed by atoms with E-state index in [0.717, 1.165) is 17.0 Å². The van der Waals surface area contributed by atoms with Gasteiger partial charge in [-0.1, -0.05) is 6.07 Å². The predicted molar refractivity (Wildman–Crippen MR) is 69.1 cm³/mol. The van der Waals surface area contributed by atoms with Crippen LogP contribution in [0.25, 0.3) is 11.3 Å².